The molecule has 1 saturated heterocycles. The lowest BCUT2D eigenvalue weighted by molar-refractivity contribution is -0.122. The zero-order chi connectivity index (χ0) is 13.5. The smallest absolute Gasteiger partial charge is 0.254 e. The summed E-state index contributed by atoms with van der Waals surface area (Å²) in [4.78, 5) is 16.3. The molecule has 6 heteroatoms. The predicted octanol–water partition coefficient (Wildman–Crippen LogP) is 0.836. The van der Waals surface area contributed by atoms with Gasteiger partial charge in [-0.1, -0.05) is 6.92 Å². The van der Waals surface area contributed by atoms with Crippen LogP contribution in [-0.4, -0.2) is 61.2 Å². The number of nitrogens with one attached hydrogen (secondary N) is 1. The lowest BCUT2D eigenvalue weighted by atomic mass is 10.3. The van der Waals surface area contributed by atoms with E-state index in [2.05, 4.69) is 27.3 Å². The number of amides is 1. The molecule has 5 nitrogen and oxygen atoms in total. The van der Waals surface area contributed by atoms with Crippen LogP contribution in [0.3, 0.4) is 0 Å². The molecule has 0 unspecified atom stereocenters. The zero-order valence-electron chi connectivity index (χ0n) is 11.2. The highest BCUT2D eigenvalue weighted by atomic mass is 32.1. The van der Waals surface area contributed by atoms with Crippen molar-refractivity contribution >= 4 is 23.5 Å². The summed E-state index contributed by atoms with van der Waals surface area (Å²) in [5, 5.41) is 7.92. The molecule has 0 aromatic carbocycles. The summed E-state index contributed by atoms with van der Waals surface area (Å²) < 4.78 is 0. The summed E-state index contributed by atoms with van der Waals surface area (Å²) in [6.07, 6.45) is 1.67. The Kier molecular flexibility index (Phi) is 5.50. The van der Waals surface area contributed by atoms with Crippen molar-refractivity contribution < 1.29 is 4.79 Å². The average molecular weight is 280 g/mol. The maximum Gasteiger partial charge on any atom is 0.254 e. The van der Waals surface area contributed by atoms with Crippen LogP contribution in [0.2, 0.25) is 0 Å². The van der Waals surface area contributed by atoms with Crippen LogP contribution in [0.4, 0.5) is 0 Å². The fourth-order valence-electron chi connectivity index (χ4n) is 2.03. The van der Waals surface area contributed by atoms with Crippen molar-refractivity contribution in [2.45, 2.75) is 6.92 Å². The topological polar surface area (TPSA) is 47.9 Å². The van der Waals surface area contributed by atoms with E-state index in [1.165, 1.54) is 0 Å². The van der Waals surface area contributed by atoms with Crippen LogP contribution in [0.25, 0.3) is 0 Å². The van der Waals surface area contributed by atoms with Crippen LogP contribution >= 0.6 is 11.3 Å². The normalized spacial score (nSPS) is 17.9. The molecular formula is C13H20N4OS. The standard InChI is InChI=1S/C13H20N4OS/c1-2-16-4-6-17(7-5-16)10-13(18)15-14-9-12-3-8-19-11-12/h3,8-9,11H,2,4-7,10H2,1H3,(H,15,18). The van der Waals surface area contributed by atoms with Gasteiger partial charge in [-0.3, -0.25) is 9.69 Å². The van der Waals surface area contributed by atoms with E-state index in [1.54, 1.807) is 17.6 Å². The van der Waals surface area contributed by atoms with Crippen LogP contribution < -0.4 is 5.43 Å². The molecule has 1 N–H and O–H groups in total. The van der Waals surface area contributed by atoms with Gasteiger partial charge in [-0.2, -0.15) is 16.4 Å². The first kappa shape index (κ1) is 14.2. The van der Waals surface area contributed by atoms with Gasteiger partial charge in [0.1, 0.15) is 0 Å². The Morgan fingerprint density at radius 2 is 2.16 bits per heavy atom. The fourth-order valence-corrected chi connectivity index (χ4v) is 2.64. The van der Waals surface area contributed by atoms with Gasteiger partial charge in [0.15, 0.2) is 0 Å². The highest BCUT2D eigenvalue weighted by Gasteiger charge is 2.17. The summed E-state index contributed by atoms with van der Waals surface area (Å²) in [5.41, 5.74) is 3.59. The lowest BCUT2D eigenvalue weighted by Gasteiger charge is -2.33. The second-order valence-electron chi connectivity index (χ2n) is 4.56. The molecule has 1 aliphatic heterocycles. The van der Waals surface area contributed by atoms with E-state index in [0.717, 1.165) is 38.3 Å². The molecule has 1 aromatic heterocycles. The van der Waals surface area contributed by atoms with Crippen molar-refractivity contribution in [1.29, 1.82) is 0 Å². The lowest BCUT2D eigenvalue weighted by Crippen LogP contribution is -2.48. The monoisotopic (exact) mass is 280 g/mol. The number of hydrogen-bond donors (Lipinski definition) is 1. The van der Waals surface area contributed by atoms with Crippen molar-refractivity contribution in [3.63, 3.8) is 0 Å². The quantitative estimate of drug-likeness (QED) is 0.642. The maximum atomic E-state index is 11.7. The number of thiophene rings is 1. The summed E-state index contributed by atoms with van der Waals surface area (Å²) in [6, 6.07) is 1.96. The largest absolute Gasteiger partial charge is 0.301 e. The van der Waals surface area contributed by atoms with E-state index in [-0.39, 0.29) is 5.91 Å². The third-order valence-corrected chi connectivity index (χ3v) is 3.93. The van der Waals surface area contributed by atoms with Gasteiger partial charge in [0, 0.05) is 31.7 Å². The molecule has 1 amide bonds. The molecule has 2 rings (SSSR count). The summed E-state index contributed by atoms with van der Waals surface area (Å²) in [6.45, 7) is 7.68. The van der Waals surface area contributed by atoms with Crippen molar-refractivity contribution in [2.75, 3.05) is 39.3 Å². The third-order valence-electron chi connectivity index (χ3n) is 3.23. The molecule has 0 saturated carbocycles. The third kappa shape index (κ3) is 4.74. The molecule has 1 aromatic rings. The van der Waals surface area contributed by atoms with Gasteiger partial charge in [-0.15, -0.1) is 0 Å². The minimum atomic E-state index is -0.0450. The molecule has 0 spiro atoms. The van der Waals surface area contributed by atoms with E-state index in [4.69, 9.17) is 0 Å². The Hall–Kier alpha value is -1.24. The Bertz CT molecular complexity index is 410. The zero-order valence-corrected chi connectivity index (χ0v) is 12.0. The molecule has 19 heavy (non-hydrogen) atoms. The van der Waals surface area contributed by atoms with E-state index in [0.29, 0.717) is 6.54 Å². The number of nitrogens with zero attached hydrogens (tertiary/aromatic N) is 3. The second kappa shape index (κ2) is 7.37. The van der Waals surface area contributed by atoms with E-state index in [9.17, 15) is 4.79 Å². The summed E-state index contributed by atoms with van der Waals surface area (Å²) >= 11 is 1.61. The summed E-state index contributed by atoms with van der Waals surface area (Å²) in [5.74, 6) is -0.0450. The van der Waals surface area contributed by atoms with E-state index in [1.807, 2.05) is 16.8 Å². The molecule has 0 radical (unpaired) electrons. The molecule has 104 valence electrons. The van der Waals surface area contributed by atoms with Crippen LogP contribution in [0.15, 0.2) is 21.9 Å². The molecule has 0 atom stereocenters. The molecule has 0 bridgehead atoms. The van der Waals surface area contributed by atoms with Gasteiger partial charge in [0.25, 0.3) is 5.91 Å². The van der Waals surface area contributed by atoms with E-state index < -0.39 is 0 Å². The van der Waals surface area contributed by atoms with Gasteiger partial charge in [-0.05, 0) is 23.4 Å². The van der Waals surface area contributed by atoms with Gasteiger partial charge < -0.3 is 4.90 Å². The number of piperazine rings is 1. The highest BCUT2D eigenvalue weighted by molar-refractivity contribution is 7.08. The molecular weight excluding hydrogens is 260 g/mol. The van der Waals surface area contributed by atoms with Crippen LogP contribution in [0, 0.1) is 0 Å². The molecule has 2 heterocycles. The Balaban J connectivity index is 1.67. The predicted molar refractivity (Wildman–Crippen MR) is 78.6 cm³/mol. The molecule has 1 fully saturated rings. The van der Waals surface area contributed by atoms with Gasteiger partial charge in [0.2, 0.25) is 0 Å². The SMILES string of the molecule is CCN1CCN(CC(=O)NN=Cc2ccsc2)CC1. The summed E-state index contributed by atoms with van der Waals surface area (Å²) in [7, 11) is 0. The first-order valence-electron chi connectivity index (χ1n) is 6.56. The first-order valence-corrected chi connectivity index (χ1v) is 7.51. The minimum Gasteiger partial charge on any atom is -0.301 e. The van der Waals surface area contributed by atoms with Crippen LogP contribution in [0.1, 0.15) is 12.5 Å². The average Bonchev–Trinajstić information content (AvgIpc) is 2.93. The number of hydrogen-bond acceptors (Lipinski definition) is 5. The Morgan fingerprint density at radius 3 is 2.79 bits per heavy atom. The second-order valence-corrected chi connectivity index (χ2v) is 5.34. The van der Waals surface area contributed by atoms with Gasteiger partial charge >= 0.3 is 0 Å². The number of rotatable bonds is 5. The van der Waals surface area contributed by atoms with Crippen LogP contribution in [-0.2, 0) is 4.79 Å². The highest BCUT2D eigenvalue weighted by Crippen LogP contribution is 2.02. The number of hydrazone groups is 1. The van der Waals surface area contributed by atoms with Crippen molar-refractivity contribution in [1.82, 2.24) is 15.2 Å². The van der Waals surface area contributed by atoms with Crippen molar-refractivity contribution in [2.24, 2.45) is 5.10 Å². The number of carbonyl (C=O) groups is 1. The number of likely N-dealkylation sites (N-methyl/N-ethyl adjacent to an activating group) is 1. The van der Waals surface area contributed by atoms with Gasteiger partial charge in [-0.25, -0.2) is 5.43 Å². The van der Waals surface area contributed by atoms with E-state index >= 15 is 0 Å². The van der Waals surface area contributed by atoms with Crippen LogP contribution in [0.5, 0.6) is 0 Å². The fraction of sp³-hybridized carbons (Fsp3) is 0.538. The molecule has 1 aliphatic rings. The maximum absolute atomic E-state index is 11.7. The Morgan fingerprint density at radius 1 is 1.42 bits per heavy atom. The number of carbonyl (C=O) groups excluding carboxylic acids is 1. The van der Waals surface area contributed by atoms with Crippen molar-refractivity contribution in [3.8, 4) is 0 Å². The molecule has 0 aliphatic carbocycles. The van der Waals surface area contributed by atoms with Gasteiger partial charge in [0.05, 0.1) is 12.8 Å². The first-order chi connectivity index (χ1) is 9.28. The minimum absolute atomic E-state index is 0.0450. The van der Waals surface area contributed by atoms with Crippen molar-refractivity contribution in [3.05, 3.63) is 22.4 Å². The Labute approximate surface area is 117 Å².